The second-order valence-electron chi connectivity index (χ2n) is 2.10. The molecule has 4 nitrogen and oxygen atoms in total. The number of alkyl halides is 2. The first-order valence-electron chi connectivity index (χ1n) is 3.04. The molecule has 13 heavy (non-hydrogen) atoms. The number of carboxylic acids is 1. The predicted molar refractivity (Wildman–Crippen MR) is 33.5 cm³/mol. The Kier molecular flexibility index (Phi) is 2.18. The van der Waals surface area contributed by atoms with E-state index >= 15 is 0 Å². The molecular formula is C6H3F3N2O2. The maximum atomic E-state index is 12.6. The minimum atomic E-state index is -4.19. The average Bonchev–Trinajstić information content (AvgIpc) is 2.04. The van der Waals surface area contributed by atoms with Crippen LogP contribution in [0, 0.1) is 5.82 Å². The van der Waals surface area contributed by atoms with Crippen LogP contribution in [0.25, 0.3) is 0 Å². The molecule has 1 aromatic rings. The quantitative estimate of drug-likeness (QED) is 0.752. The van der Waals surface area contributed by atoms with Crippen LogP contribution in [-0.4, -0.2) is 21.0 Å². The Morgan fingerprint density at radius 2 is 1.85 bits per heavy atom. The van der Waals surface area contributed by atoms with Crippen LogP contribution in [0.15, 0.2) is 12.4 Å². The van der Waals surface area contributed by atoms with Crippen LogP contribution >= 0.6 is 0 Å². The standard InChI is InChI=1S/C6H3F3N2O2/c7-3-1-10-4(11-2-3)6(8,9)5(12)13/h1-2H,(H,12,13). The van der Waals surface area contributed by atoms with Crippen LogP contribution in [-0.2, 0) is 10.7 Å². The molecular weight excluding hydrogens is 189 g/mol. The van der Waals surface area contributed by atoms with Gasteiger partial charge in [0.15, 0.2) is 5.82 Å². The van der Waals surface area contributed by atoms with Crippen LogP contribution < -0.4 is 0 Å². The number of aromatic nitrogens is 2. The van der Waals surface area contributed by atoms with Crippen LogP contribution in [0.5, 0.6) is 0 Å². The zero-order chi connectivity index (χ0) is 10.1. The highest BCUT2D eigenvalue weighted by Gasteiger charge is 2.44. The fourth-order valence-electron chi connectivity index (χ4n) is 0.570. The van der Waals surface area contributed by atoms with Gasteiger partial charge in [0, 0.05) is 0 Å². The van der Waals surface area contributed by atoms with Crippen molar-refractivity contribution >= 4 is 5.97 Å². The second-order valence-corrected chi connectivity index (χ2v) is 2.10. The Balaban J connectivity index is 3.08. The third-order valence-corrected chi connectivity index (χ3v) is 1.17. The van der Waals surface area contributed by atoms with Gasteiger partial charge in [-0.1, -0.05) is 0 Å². The van der Waals surface area contributed by atoms with Gasteiger partial charge < -0.3 is 5.11 Å². The van der Waals surface area contributed by atoms with Crippen molar-refractivity contribution in [1.82, 2.24) is 9.97 Å². The monoisotopic (exact) mass is 192 g/mol. The Bertz CT molecular complexity index is 325. The summed E-state index contributed by atoms with van der Waals surface area (Å²) >= 11 is 0. The molecule has 0 saturated carbocycles. The fourth-order valence-corrected chi connectivity index (χ4v) is 0.570. The van der Waals surface area contributed by atoms with Crippen molar-refractivity contribution in [2.75, 3.05) is 0 Å². The maximum absolute atomic E-state index is 12.6. The Morgan fingerprint density at radius 3 is 2.23 bits per heavy atom. The molecule has 0 fully saturated rings. The molecule has 0 atom stereocenters. The van der Waals surface area contributed by atoms with Crippen molar-refractivity contribution in [1.29, 1.82) is 0 Å². The molecule has 0 saturated heterocycles. The molecule has 0 amide bonds. The molecule has 1 heterocycles. The van der Waals surface area contributed by atoms with Crippen molar-refractivity contribution in [3.63, 3.8) is 0 Å². The third kappa shape index (κ3) is 1.74. The number of hydrogen-bond donors (Lipinski definition) is 1. The van der Waals surface area contributed by atoms with E-state index in [0.717, 1.165) is 0 Å². The summed E-state index contributed by atoms with van der Waals surface area (Å²) in [5.41, 5.74) is 0. The number of aliphatic carboxylic acids is 1. The van der Waals surface area contributed by atoms with Gasteiger partial charge >= 0.3 is 11.9 Å². The first-order chi connectivity index (χ1) is 5.94. The first-order valence-corrected chi connectivity index (χ1v) is 3.04. The molecule has 0 unspecified atom stereocenters. The number of carboxylic acid groups (broad SMARTS) is 1. The minimum Gasteiger partial charge on any atom is -0.476 e. The van der Waals surface area contributed by atoms with Crippen LogP contribution in [0.4, 0.5) is 13.2 Å². The van der Waals surface area contributed by atoms with Crippen molar-refractivity contribution < 1.29 is 23.1 Å². The zero-order valence-corrected chi connectivity index (χ0v) is 6.04. The van der Waals surface area contributed by atoms with Gasteiger partial charge in [-0.2, -0.15) is 8.78 Å². The molecule has 0 bridgehead atoms. The third-order valence-electron chi connectivity index (χ3n) is 1.17. The van der Waals surface area contributed by atoms with E-state index in [-0.39, 0.29) is 0 Å². The van der Waals surface area contributed by atoms with E-state index < -0.39 is 23.5 Å². The molecule has 1 aromatic heterocycles. The molecule has 1 N–H and O–H groups in total. The Hall–Kier alpha value is -1.66. The summed E-state index contributed by atoms with van der Waals surface area (Å²) in [7, 11) is 0. The smallest absolute Gasteiger partial charge is 0.400 e. The molecule has 0 radical (unpaired) electrons. The van der Waals surface area contributed by atoms with Crippen LogP contribution in [0.2, 0.25) is 0 Å². The molecule has 1 rings (SSSR count). The predicted octanol–water partition coefficient (Wildman–Crippen LogP) is 0.792. The SMILES string of the molecule is O=C(O)C(F)(F)c1ncc(F)cn1. The first kappa shape index (κ1) is 9.43. The summed E-state index contributed by atoms with van der Waals surface area (Å²) in [6.45, 7) is 0. The van der Waals surface area contributed by atoms with Gasteiger partial charge in [0.2, 0.25) is 5.82 Å². The van der Waals surface area contributed by atoms with E-state index in [1.54, 1.807) is 0 Å². The molecule has 7 heteroatoms. The lowest BCUT2D eigenvalue weighted by molar-refractivity contribution is -0.167. The Morgan fingerprint density at radius 1 is 1.38 bits per heavy atom. The summed E-state index contributed by atoms with van der Waals surface area (Å²) in [5.74, 6) is -8.71. The molecule has 70 valence electrons. The number of halogens is 3. The highest BCUT2D eigenvalue weighted by atomic mass is 19.3. The molecule has 0 aromatic carbocycles. The van der Waals surface area contributed by atoms with E-state index in [1.165, 1.54) is 0 Å². The molecule has 0 aliphatic rings. The van der Waals surface area contributed by atoms with Crippen LogP contribution in [0.3, 0.4) is 0 Å². The Labute approximate surface area is 70.1 Å². The van der Waals surface area contributed by atoms with Crippen molar-refractivity contribution in [2.45, 2.75) is 5.92 Å². The highest BCUT2D eigenvalue weighted by molar-refractivity contribution is 5.75. The van der Waals surface area contributed by atoms with Gasteiger partial charge in [0.1, 0.15) is 0 Å². The highest BCUT2D eigenvalue weighted by Crippen LogP contribution is 2.24. The lowest BCUT2D eigenvalue weighted by atomic mass is 10.3. The second kappa shape index (κ2) is 3.00. The van der Waals surface area contributed by atoms with Gasteiger partial charge in [-0.3, -0.25) is 0 Å². The number of nitrogens with zero attached hydrogens (tertiary/aromatic N) is 2. The lowest BCUT2D eigenvalue weighted by Crippen LogP contribution is -2.27. The molecule has 0 aliphatic carbocycles. The van der Waals surface area contributed by atoms with Crippen LogP contribution in [0.1, 0.15) is 5.82 Å². The maximum Gasteiger partial charge on any atom is 0.400 e. The summed E-state index contributed by atoms with van der Waals surface area (Å²) < 4.78 is 37.3. The van der Waals surface area contributed by atoms with Gasteiger partial charge in [-0.25, -0.2) is 19.2 Å². The van der Waals surface area contributed by atoms with Gasteiger partial charge in [-0.05, 0) is 0 Å². The van der Waals surface area contributed by atoms with E-state index in [4.69, 9.17) is 5.11 Å². The summed E-state index contributed by atoms with van der Waals surface area (Å²) in [5, 5.41) is 8.04. The number of rotatable bonds is 2. The van der Waals surface area contributed by atoms with Gasteiger partial charge in [0.05, 0.1) is 12.4 Å². The van der Waals surface area contributed by atoms with E-state index in [9.17, 15) is 18.0 Å². The van der Waals surface area contributed by atoms with Gasteiger partial charge in [0.25, 0.3) is 0 Å². The summed E-state index contributed by atoms with van der Waals surface area (Å²) in [6.07, 6.45) is 0.943. The molecule has 0 aliphatic heterocycles. The topological polar surface area (TPSA) is 63.1 Å². The average molecular weight is 192 g/mol. The zero-order valence-electron chi connectivity index (χ0n) is 6.04. The van der Waals surface area contributed by atoms with Crippen molar-refractivity contribution in [3.05, 3.63) is 24.0 Å². The van der Waals surface area contributed by atoms with Gasteiger partial charge in [-0.15, -0.1) is 0 Å². The van der Waals surface area contributed by atoms with Crippen molar-refractivity contribution in [3.8, 4) is 0 Å². The largest absolute Gasteiger partial charge is 0.476 e. The number of hydrogen-bond acceptors (Lipinski definition) is 3. The number of carbonyl (C=O) groups is 1. The molecule has 0 spiro atoms. The fraction of sp³-hybridized carbons (Fsp3) is 0.167. The van der Waals surface area contributed by atoms with E-state index in [0.29, 0.717) is 12.4 Å². The van der Waals surface area contributed by atoms with Crippen molar-refractivity contribution in [2.24, 2.45) is 0 Å². The normalized spacial score (nSPS) is 11.3. The lowest BCUT2D eigenvalue weighted by Gasteiger charge is -2.07. The van der Waals surface area contributed by atoms with E-state index in [1.807, 2.05) is 0 Å². The summed E-state index contributed by atoms with van der Waals surface area (Å²) in [6, 6.07) is 0. The summed E-state index contributed by atoms with van der Waals surface area (Å²) in [4.78, 5) is 15.7. The van der Waals surface area contributed by atoms with E-state index in [2.05, 4.69) is 9.97 Å². The minimum absolute atomic E-state index is 0.471.